The van der Waals surface area contributed by atoms with Crippen LogP contribution in [0.2, 0.25) is 0 Å². The van der Waals surface area contributed by atoms with Crippen molar-refractivity contribution in [3.8, 4) is 5.75 Å². The summed E-state index contributed by atoms with van der Waals surface area (Å²) in [6, 6.07) is 2.92. The van der Waals surface area contributed by atoms with Gasteiger partial charge in [-0.25, -0.2) is 13.6 Å². The molecule has 1 amide bonds. The minimum Gasteiger partial charge on any atom is -0.484 e. The third kappa shape index (κ3) is 5.05. The number of ether oxygens (including phenoxy) is 2. The molecule has 0 saturated carbocycles. The topological polar surface area (TPSA) is 64.6 Å². The Hall–Kier alpha value is -2.44. The van der Waals surface area contributed by atoms with Crippen LogP contribution in [-0.2, 0) is 14.3 Å². The average Bonchev–Trinajstić information content (AvgIpc) is 2.39. The van der Waals surface area contributed by atoms with E-state index in [4.69, 9.17) is 4.74 Å². The zero-order valence-corrected chi connectivity index (χ0v) is 10.9. The second kappa shape index (κ2) is 7.22. The molecule has 0 aliphatic rings. The summed E-state index contributed by atoms with van der Waals surface area (Å²) in [5.74, 6) is -3.20. The lowest BCUT2D eigenvalue weighted by molar-refractivity contribution is -0.134. The van der Waals surface area contributed by atoms with Crippen molar-refractivity contribution < 1.29 is 27.8 Å². The van der Waals surface area contributed by atoms with Crippen molar-refractivity contribution in [2.24, 2.45) is 0 Å². The molecule has 5 nitrogen and oxygen atoms in total. The fraction of sp³-hybridized carbons (Fsp3) is 0.231. The summed E-state index contributed by atoms with van der Waals surface area (Å²) < 4.78 is 34.9. The van der Waals surface area contributed by atoms with Crippen molar-refractivity contribution in [2.75, 3.05) is 13.7 Å². The van der Waals surface area contributed by atoms with E-state index in [-0.39, 0.29) is 11.4 Å². The van der Waals surface area contributed by atoms with Gasteiger partial charge in [0.25, 0.3) is 5.91 Å². The molecule has 7 heteroatoms. The number of allylic oxidation sites excluding steroid dienone is 1. The van der Waals surface area contributed by atoms with E-state index < -0.39 is 30.1 Å². The van der Waals surface area contributed by atoms with Crippen LogP contribution in [0.15, 0.2) is 30.0 Å². The number of hydrogen-bond donors (Lipinski definition) is 1. The first-order valence-electron chi connectivity index (χ1n) is 5.56. The second-order valence-corrected chi connectivity index (χ2v) is 3.76. The highest BCUT2D eigenvalue weighted by molar-refractivity contribution is 5.85. The van der Waals surface area contributed by atoms with Gasteiger partial charge < -0.3 is 14.8 Å². The molecule has 1 aromatic carbocycles. The van der Waals surface area contributed by atoms with Crippen LogP contribution in [0.4, 0.5) is 8.78 Å². The molecule has 0 fully saturated rings. The van der Waals surface area contributed by atoms with Gasteiger partial charge in [0.05, 0.1) is 7.11 Å². The third-order valence-electron chi connectivity index (χ3n) is 2.13. The Morgan fingerprint density at radius 2 is 2.00 bits per heavy atom. The Morgan fingerprint density at radius 1 is 1.30 bits per heavy atom. The number of carbonyl (C=O) groups is 2. The first-order valence-corrected chi connectivity index (χ1v) is 5.56. The van der Waals surface area contributed by atoms with Gasteiger partial charge in [0.1, 0.15) is 5.75 Å². The summed E-state index contributed by atoms with van der Waals surface area (Å²) in [7, 11) is 1.21. The maximum atomic E-state index is 12.9. The van der Waals surface area contributed by atoms with Crippen LogP contribution in [0.5, 0.6) is 5.75 Å². The number of esters is 1. The number of halogens is 2. The minimum absolute atomic E-state index is 0.0219. The Kier molecular flexibility index (Phi) is 5.64. The molecular weight excluding hydrogens is 272 g/mol. The third-order valence-corrected chi connectivity index (χ3v) is 2.13. The highest BCUT2D eigenvalue weighted by Crippen LogP contribution is 2.15. The summed E-state index contributed by atoms with van der Waals surface area (Å²) in [5, 5.41) is 2.37. The number of hydrogen-bond acceptors (Lipinski definition) is 4. The highest BCUT2D eigenvalue weighted by atomic mass is 19.2. The zero-order chi connectivity index (χ0) is 15.1. The summed E-state index contributed by atoms with van der Waals surface area (Å²) in [6.07, 6.45) is 1.09. The highest BCUT2D eigenvalue weighted by Gasteiger charge is 2.07. The summed E-state index contributed by atoms with van der Waals surface area (Å²) in [4.78, 5) is 22.3. The molecule has 1 aromatic rings. The van der Waals surface area contributed by atoms with E-state index in [0.717, 1.165) is 18.2 Å². The van der Waals surface area contributed by atoms with E-state index in [9.17, 15) is 18.4 Å². The quantitative estimate of drug-likeness (QED) is 0.658. The van der Waals surface area contributed by atoms with Crippen molar-refractivity contribution in [3.63, 3.8) is 0 Å². The fourth-order valence-electron chi connectivity index (χ4n) is 1.24. The van der Waals surface area contributed by atoms with Gasteiger partial charge in [0.2, 0.25) is 0 Å². The van der Waals surface area contributed by atoms with E-state index in [1.807, 2.05) is 0 Å². The largest absolute Gasteiger partial charge is 0.484 e. The van der Waals surface area contributed by atoms with Gasteiger partial charge in [-0.1, -0.05) is 0 Å². The smallest absolute Gasteiger partial charge is 0.332 e. The maximum absolute atomic E-state index is 12.9. The molecule has 108 valence electrons. The summed E-state index contributed by atoms with van der Waals surface area (Å²) >= 11 is 0. The molecule has 1 rings (SSSR count). The number of amides is 1. The van der Waals surface area contributed by atoms with Gasteiger partial charge in [-0.2, -0.15) is 0 Å². The van der Waals surface area contributed by atoms with Crippen molar-refractivity contribution in [3.05, 3.63) is 41.6 Å². The molecule has 0 aliphatic heterocycles. The molecule has 20 heavy (non-hydrogen) atoms. The van der Waals surface area contributed by atoms with Crippen molar-refractivity contribution >= 4 is 11.9 Å². The van der Waals surface area contributed by atoms with Crippen molar-refractivity contribution in [1.82, 2.24) is 5.32 Å². The lowest BCUT2D eigenvalue weighted by Crippen LogP contribution is -2.27. The first-order chi connectivity index (χ1) is 9.42. The van der Waals surface area contributed by atoms with Crippen LogP contribution in [-0.4, -0.2) is 25.6 Å². The van der Waals surface area contributed by atoms with Gasteiger partial charge in [0, 0.05) is 17.8 Å². The van der Waals surface area contributed by atoms with Crippen molar-refractivity contribution in [2.45, 2.75) is 6.92 Å². The first kappa shape index (κ1) is 15.6. The number of nitrogens with one attached hydrogen (secondary N) is 1. The predicted molar refractivity (Wildman–Crippen MR) is 65.8 cm³/mol. The lowest BCUT2D eigenvalue weighted by atomic mass is 10.3. The van der Waals surface area contributed by atoms with Crippen LogP contribution >= 0.6 is 0 Å². The van der Waals surface area contributed by atoms with Crippen LogP contribution < -0.4 is 10.1 Å². The molecule has 0 spiro atoms. The zero-order valence-electron chi connectivity index (χ0n) is 10.9. The minimum atomic E-state index is -1.07. The monoisotopic (exact) mass is 285 g/mol. The predicted octanol–water partition coefficient (Wildman–Crippen LogP) is 1.54. The lowest BCUT2D eigenvalue weighted by Gasteiger charge is -2.07. The second-order valence-electron chi connectivity index (χ2n) is 3.76. The van der Waals surface area contributed by atoms with Gasteiger partial charge in [-0.05, 0) is 19.1 Å². The van der Waals surface area contributed by atoms with Crippen molar-refractivity contribution in [1.29, 1.82) is 0 Å². The standard InChI is InChI=1S/C13H13F2NO4/c1-8(5-13(18)19-2)16-12(17)7-20-9-3-4-10(14)11(15)6-9/h3-6H,7H2,1-2H3,(H,16,17). The average molecular weight is 285 g/mol. The van der Waals surface area contributed by atoms with E-state index in [1.165, 1.54) is 20.1 Å². The Labute approximate surface area is 114 Å². The van der Waals surface area contributed by atoms with Gasteiger partial charge in [-0.15, -0.1) is 0 Å². The van der Waals surface area contributed by atoms with Gasteiger partial charge >= 0.3 is 5.97 Å². The van der Waals surface area contributed by atoms with Crippen LogP contribution in [0, 0.1) is 11.6 Å². The normalized spacial score (nSPS) is 10.9. The molecule has 0 bridgehead atoms. The molecule has 0 radical (unpaired) electrons. The Bertz CT molecular complexity index is 543. The van der Waals surface area contributed by atoms with Gasteiger partial charge in [0.15, 0.2) is 18.2 Å². The van der Waals surface area contributed by atoms with E-state index in [1.54, 1.807) is 0 Å². The molecule has 0 aliphatic carbocycles. The number of carbonyl (C=O) groups excluding carboxylic acids is 2. The van der Waals surface area contributed by atoms with E-state index in [2.05, 4.69) is 10.1 Å². The molecule has 0 atom stereocenters. The molecule has 0 unspecified atom stereocenters. The maximum Gasteiger partial charge on any atom is 0.332 e. The SMILES string of the molecule is COC(=O)C=C(C)NC(=O)COc1ccc(F)c(F)c1. The Balaban J connectivity index is 2.49. The molecule has 0 saturated heterocycles. The molecule has 0 aromatic heterocycles. The number of benzene rings is 1. The molecular formula is C13H13F2NO4. The Morgan fingerprint density at radius 3 is 2.60 bits per heavy atom. The van der Waals surface area contributed by atoms with E-state index >= 15 is 0 Å². The van der Waals surface area contributed by atoms with E-state index in [0.29, 0.717) is 0 Å². The summed E-state index contributed by atoms with van der Waals surface area (Å²) in [5.41, 5.74) is 0.274. The number of methoxy groups -OCH3 is 1. The van der Waals surface area contributed by atoms with Crippen LogP contribution in [0.25, 0.3) is 0 Å². The molecule has 0 heterocycles. The van der Waals surface area contributed by atoms with Gasteiger partial charge in [-0.3, -0.25) is 4.79 Å². The summed E-state index contributed by atoms with van der Waals surface area (Å²) in [6.45, 7) is 1.09. The molecule has 1 N–H and O–H groups in total. The number of rotatable bonds is 5. The van der Waals surface area contributed by atoms with Crippen LogP contribution in [0.1, 0.15) is 6.92 Å². The van der Waals surface area contributed by atoms with Crippen LogP contribution in [0.3, 0.4) is 0 Å². The fourth-order valence-corrected chi connectivity index (χ4v) is 1.24.